The Kier molecular flexibility index (Phi) is 5.31. The maximum Gasteiger partial charge on any atom is 0.265 e. The van der Waals surface area contributed by atoms with Crippen LogP contribution < -0.4 is 10.1 Å². The summed E-state index contributed by atoms with van der Waals surface area (Å²) in [4.78, 5) is 12.4. The van der Waals surface area contributed by atoms with Crippen LogP contribution in [-0.4, -0.2) is 12.0 Å². The van der Waals surface area contributed by atoms with Crippen molar-refractivity contribution < 1.29 is 18.3 Å². The lowest BCUT2D eigenvalue weighted by molar-refractivity contribution is -0.122. The highest BCUT2D eigenvalue weighted by molar-refractivity contribution is 5.94. The number of nitrogens with one attached hydrogen (secondary N) is 1. The fourth-order valence-electron chi connectivity index (χ4n) is 3.07. The van der Waals surface area contributed by atoms with E-state index in [-0.39, 0.29) is 5.69 Å². The fourth-order valence-corrected chi connectivity index (χ4v) is 3.07. The molecule has 0 bridgehead atoms. The molecular weight excluding hydrogens is 324 g/mol. The van der Waals surface area contributed by atoms with E-state index in [9.17, 15) is 13.6 Å². The van der Waals surface area contributed by atoms with E-state index in [1.807, 2.05) is 25.1 Å². The predicted molar refractivity (Wildman–Crippen MR) is 92.8 cm³/mol. The normalized spacial score (nSPS) is 14.5. The van der Waals surface area contributed by atoms with Gasteiger partial charge in [-0.15, -0.1) is 0 Å². The molecule has 0 heterocycles. The predicted octanol–water partition coefficient (Wildman–Crippen LogP) is 4.64. The summed E-state index contributed by atoms with van der Waals surface area (Å²) in [6.45, 7) is 1.82. The van der Waals surface area contributed by atoms with E-state index in [2.05, 4.69) is 5.32 Å². The number of hydrogen-bond donors (Lipinski definition) is 1. The van der Waals surface area contributed by atoms with E-state index < -0.39 is 23.6 Å². The van der Waals surface area contributed by atoms with Crippen molar-refractivity contribution in [1.29, 1.82) is 0 Å². The van der Waals surface area contributed by atoms with E-state index in [4.69, 9.17) is 4.74 Å². The second-order valence-electron chi connectivity index (χ2n) is 6.27. The number of rotatable bonds is 5. The molecule has 25 heavy (non-hydrogen) atoms. The number of anilines is 1. The maximum absolute atomic E-state index is 13.7. The SMILES string of the molecule is CCC(Oc1ccc2c(c1)CCCC2)C(=O)Nc1ccc(F)cc1F. The number of carbonyl (C=O) groups excluding carboxylic acids is 1. The summed E-state index contributed by atoms with van der Waals surface area (Å²) in [6, 6.07) is 8.95. The van der Waals surface area contributed by atoms with Crippen molar-refractivity contribution in [3.63, 3.8) is 0 Å². The van der Waals surface area contributed by atoms with E-state index in [1.165, 1.54) is 23.6 Å². The van der Waals surface area contributed by atoms with Gasteiger partial charge in [0, 0.05) is 6.07 Å². The zero-order valence-electron chi connectivity index (χ0n) is 14.1. The summed E-state index contributed by atoms with van der Waals surface area (Å²) in [5.74, 6) is -1.31. The molecule has 1 unspecified atom stereocenters. The highest BCUT2D eigenvalue weighted by Gasteiger charge is 2.21. The molecule has 0 fully saturated rings. The van der Waals surface area contributed by atoms with Crippen molar-refractivity contribution in [2.45, 2.75) is 45.1 Å². The summed E-state index contributed by atoms with van der Waals surface area (Å²) >= 11 is 0. The third-order valence-electron chi connectivity index (χ3n) is 4.45. The highest BCUT2D eigenvalue weighted by atomic mass is 19.1. The topological polar surface area (TPSA) is 38.3 Å². The number of benzene rings is 2. The minimum Gasteiger partial charge on any atom is -0.481 e. The molecule has 2 aromatic carbocycles. The van der Waals surface area contributed by atoms with Gasteiger partial charge in [0.25, 0.3) is 5.91 Å². The first-order chi connectivity index (χ1) is 12.1. The Morgan fingerprint density at radius 3 is 2.60 bits per heavy atom. The molecule has 0 saturated carbocycles. The summed E-state index contributed by atoms with van der Waals surface area (Å²) in [5, 5.41) is 2.47. The molecule has 132 valence electrons. The molecule has 1 amide bonds. The van der Waals surface area contributed by atoms with E-state index >= 15 is 0 Å². The largest absolute Gasteiger partial charge is 0.481 e. The molecule has 3 nitrogen and oxygen atoms in total. The van der Waals surface area contributed by atoms with Gasteiger partial charge in [0.15, 0.2) is 6.10 Å². The molecule has 0 radical (unpaired) electrons. The molecule has 3 rings (SSSR count). The van der Waals surface area contributed by atoms with Gasteiger partial charge in [-0.25, -0.2) is 8.78 Å². The zero-order valence-corrected chi connectivity index (χ0v) is 14.1. The molecule has 1 N–H and O–H groups in total. The third-order valence-corrected chi connectivity index (χ3v) is 4.45. The third kappa shape index (κ3) is 4.16. The van der Waals surface area contributed by atoms with Crippen LogP contribution in [0.4, 0.5) is 14.5 Å². The number of ether oxygens (including phenoxy) is 1. The van der Waals surface area contributed by atoms with Crippen LogP contribution in [-0.2, 0) is 17.6 Å². The Labute approximate surface area is 146 Å². The quantitative estimate of drug-likeness (QED) is 0.857. The Morgan fingerprint density at radius 2 is 1.88 bits per heavy atom. The van der Waals surface area contributed by atoms with Gasteiger partial charge in [-0.1, -0.05) is 13.0 Å². The first-order valence-corrected chi connectivity index (χ1v) is 8.61. The average molecular weight is 345 g/mol. The van der Waals surface area contributed by atoms with Crippen molar-refractivity contribution >= 4 is 11.6 Å². The van der Waals surface area contributed by atoms with Crippen LogP contribution >= 0.6 is 0 Å². The maximum atomic E-state index is 13.7. The molecule has 0 spiro atoms. The second-order valence-corrected chi connectivity index (χ2v) is 6.27. The lowest BCUT2D eigenvalue weighted by Crippen LogP contribution is -2.32. The van der Waals surface area contributed by atoms with Crippen LogP contribution in [0.25, 0.3) is 0 Å². The molecule has 2 aromatic rings. The molecular formula is C20H21F2NO2. The smallest absolute Gasteiger partial charge is 0.265 e. The van der Waals surface area contributed by atoms with Crippen molar-refractivity contribution in [2.24, 2.45) is 0 Å². The summed E-state index contributed by atoms with van der Waals surface area (Å²) in [5.41, 5.74) is 2.55. The molecule has 0 saturated heterocycles. The van der Waals surface area contributed by atoms with Crippen molar-refractivity contribution in [1.82, 2.24) is 0 Å². The number of hydrogen-bond acceptors (Lipinski definition) is 2. The first-order valence-electron chi connectivity index (χ1n) is 8.61. The van der Waals surface area contributed by atoms with E-state index in [0.717, 1.165) is 31.4 Å². The molecule has 1 atom stereocenters. The zero-order chi connectivity index (χ0) is 17.8. The lowest BCUT2D eigenvalue weighted by atomic mass is 9.92. The van der Waals surface area contributed by atoms with Crippen molar-refractivity contribution in [2.75, 3.05) is 5.32 Å². The van der Waals surface area contributed by atoms with Gasteiger partial charge in [0.05, 0.1) is 5.69 Å². The Hall–Kier alpha value is -2.43. The van der Waals surface area contributed by atoms with Gasteiger partial charge >= 0.3 is 0 Å². The number of fused-ring (bicyclic) bond motifs is 1. The molecule has 0 aliphatic heterocycles. The van der Waals surface area contributed by atoms with E-state index in [0.29, 0.717) is 12.2 Å². The minimum atomic E-state index is -0.808. The summed E-state index contributed by atoms with van der Waals surface area (Å²) in [6.07, 6.45) is 4.17. The van der Waals surface area contributed by atoms with Gasteiger partial charge in [-0.3, -0.25) is 4.79 Å². The number of carbonyl (C=O) groups is 1. The highest BCUT2D eigenvalue weighted by Crippen LogP contribution is 2.26. The van der Waals surface area contributed by atoms with Crippen LogP contribution in [0.1, 0.15) is 37.3 Å². The van der Waals surface area contributed by atoms with Crippen molar-refractivity contribution in [3.8, 4) is 5.75 Å². The number of amides is 1. The fraction of sp³-hybridized carbons (Fsp3) is 0.350. The Bertz CT molecular complexity index is 776. The minimum absolute atomic E-state index is 0.0566. The summed E-state index contributed by atoms with van der Waals surface area (Å²) in [7, 11) is 0. The number of aryl methyl sites for hydroxylation is 2. The van der Waals surface area contributed by atoms with Gasteiger partial charge in [0.1, 0.15) is 17.4 Å². The lowest BCUT2D eigenvalue weighted by Gasteiger charge is -2.20. The monoisotopic (exact) mass is 345 g/mol. The standard InChI is InChI=1S/C20H21F2NO2/c1-2-19(20(24)23-18-10-8-15(21)12-17(18)22)25-16-9-7-13-5-3-4-6-14(13)11-16/h7-12,19H,2-6H2,1H3,(H,23,24). The van der Waals surface area contributed by atoms with Crippen LogP contribution in [0.3, 0.4) is 0 Å². The van der Waals surface area contributed by atoms with Crippen LogP contribution in [0, 0.1) is 11.6 Å². The summed E-state index contributed by atoms with van der Waals surface area (Å²) < 4.78 is 32.5. The average Bonchev–Trinajstić information content (AvgIpc) is 2.61. The molecule has 1 aliphatic carbocycles. The number of halogens is 2. The van der Waals surface area contributed by atoms with Crippen molar-refractivity contribution in [3.05, 3.63) is 59.2 Å². The van der Waals surface area contributed by atoms with E-state index in [1.54, 1.807) is 0 Å². The van der Waals surface area contributed by atoms with Gasteiger partial charge in [-0.2, -0.15) is 0 Å². The first kappa shape index (κ1) is 17.4. The van der Waals surface area contributed by atoms with Gasteiger partial charge < -0.3 is 10.1 Å². The van der Waals surface area contributed by atoms with Gasteiger partial charge in [-0.05, 0) is 67.5 Å². The molecule has 1 aliphatic rings. The molecule has 0 aromatic heterocycles. The Morgan fingerprint density at radius 1 is 1.12 bits per heavy atom. The second kappa shape index (κ2) is 7.64. The van der Waals surface area contributed by atoms with Crippen LogP contribution in [0.2, 0.25) is 0 Å². The molecule has 5 heteroatoms. The van der Waals surface area contributed by atoms with Gasteiger partial charge in [0.2, 0.25) is 0 Å². The Balaban J connectivity index is 1.70. The van der Waals surface area contributed by atoms with Crippen LogP contribution in [0.5, 0.6) is 5.75 Å². The van der Waals surface area contributed by atoms with Crippen LogP contribution in [0.15, 0.2) is 36.4 Å².